The summed E-state index contributed by atoms with van der Waals surface area (Å²) in [5.74, 6) is 0. The van der Waals surface area contributed by atoms with E-state index in [9.17, 15) is 0 Å². The summed E-state index contributed by atoms with van der Waals surface area (Å²) in [7, 11) is -3.07. The standard InChI is InChI=1S/C59H43N5Si/c1-59(2)51-28-13-15-30-53(51)63(40-18-6-3-7-19-40)54-34-33-48-49-27-17-35-60-58(49)64(56(48)55(54)59)41-20-16-25-44(38-41)65(42-21-8-4-9-22-42,43-23-10-5-11-24-43)45-31-32-46-47-26-12-14-29-52(47)62-37-36-61-57(62)50(46)39-45/h3-39H,1-2H3. The van der Waals surface area contributed by atoms with Crippen LogP contribution in [0.3, 0.4) is 0 Å². The first-order valence-corrected chi connectivity index (χ1v) is 24.4. The fourth-order valence-corrected chi connectivity index (χ4v) is 16.1. The van der Waals surface area contributed by atoms with Crippen molar-refractivity contribution in [2.75, 3.05) is 4.90 Å². The third kappa shape index (κ3) is 5.32. The van der Waals surface area contributed by atoms with Gasteiger partial charge in [0.05, 0.1) is 22.4 Å². The van der Waals surface area contributed by atoms with Gasteiger partial charge in [0, 0.05) is 62.5 Å². The number of hydrogen-bond donors (Lipinski definition) is 0. The summed E-state index contributed by atoms with van der Waals surface area (Å²) in [5.41, 5.74) is 11.1. The van der Waals surface area contributed by atoms with Crippen LogP contribution in [0, 0.1) is 0 Å². The summed E-state index contributed by atoms with van der Waals surface area (Å²) in [6.45, 7) is 4.78. The zero-order chi connectivity index (χ0) is 43.3. The normalized spacial score (nSPS) is 13.5. The molecular formula is C59H43N5Si. The number of fused-ring (bicyclic) bond motifs is 12. The van der Waals surface area contributed by atoms with Crippen LogP contribution in [0.4, 0.5) is 17.1 Å². The second kappa shape index (κ2) is 14.2. The van der Waals surface area contributed by atoms with Gasteiger partial charge < -0.3 is 4.90 Å². The lowest BCUT2D eigenvalue weighted by atomic mass is 9.72. The quantitative estimate of drug-likeness (QED) is 0.0950. The molecule has 0 radical (unpaired) electrons. The van der Waals surface area contributed by atoms with E-state index in [1.54, 1.807) is 0 Å². The predicted molar refractivity (Wildman–Crippen MR) is 273 cm³/mol. The SMILES string of the molecule is CC1(C)c2ccccc2N(c2ccccc2)c2ccc3c4cccnc4n(-c4cccc([Si](c5ccccc5)(c5ccccc5)c5ccc6c7ccccc7n7ccnc7c6c5)c4)c3c21. The first-order chi connectivity index (χ1) is 32.0. The molecule has 4 aromatic heterocycles. The minimum atomic E-state index is -3.07. The lowest BCUT2D eigenvalue weighted by Gasteiger charge is -2.42. The van der Waals surface area contributed by atoms with Gasteiger partial charge in [-0.25, -0.2) is 9.97 Å². The minimum Gasteiger partial charge on any atom is -0.310 e. The van der Waals surface area contributed by atoms with E-state index in [2.05, 4.69) is 240 Å². The van der Waals surface area contributed by atoms with Crippen molar-refractivity contribution in [3.63, 3.8) is 0 Å². The molecule has 0 saturated carbocycles. The number of imidazole rings is 1. The lowest BCUT2D eigenvalue weighted by Crippen LogP contribution is -2.74. The van der Waals surface area contributed by atoms with E-state index in [1.807, 2.05) is 12.4 Å². The highest BCUT2D eigenvalue weighted by Gasteiger charge is 2.43. The molecule has 1 aliphatic rings. The highest BCUT2D eigenvalue weighted by molar-refractivity contribution is 7.20. The number of nitrogens with zero attached hydrogens (tertiary/aromatic N) is 5. The van der Waals surface area contributed by atoms with E-state index >= 15 is 0 Å². The predicted octanol–water partition coefficient (Wildman–Crippen LogP) is 11.6. The molecule has 0 atom stereocenters. The fourth-order valence-electron chi connectivity index (χ4n) is 11.4. The lowest BCUT2D eigenvalue weighted by molar-refractivity contribution is 0.635. The number of aromatic nitrogens is 4. The van der Waals surface area contributed by atoms with Crippen molar-refractivity contribution in [3.05, 3.63) is 236 Å². The second-order valence-corrected chi connectivity index (χ2v) is 21.6. The molecular weight excluding hydrogens is 807 g/mol. The first kappa shape index (κ1) is 37.5. The van der Waals surface area contributed by atoms with Gasteiger partial charge in [0.25, 0.3) is 0 Å². The average Bonchev–Trinajstić information content (AvgIpc) is 4.00. The Hall–Kier alpha value is -8.06. The van der Waals surface area contributed by atoms with E-state index in [1.165, 1.54) is 64.9 Å². The molecule has 0 N–H and O–H groups in total. The van der Waals surface area contributed by atoms with Gasteiger partial charge in [-0.2, -0.15) is 0 Å². The van der Waals surface area contributed by atoms with E-state index < -0.39 is 8.07 Å². The van der Waals surface area contributed by atoms with Crippen molar-refractivity contribution in [1.82, 2.24) is 18.9 Å². The van der Waals surface area contributed by atoms with E-state index in [0.29, 0.717) is 0 Å². The van der Waals surface area contributed by atoms with Gasteiger partial charge in [-0.15, -0.1) is 0 Å². The molecule has 5 nitrogen and oxygen atoms in total. The Labute approximate surface area is 378 Å². The highest BCUT2D eigenvalue weighted by atomic mass is 28.3. The van der Waals surface area contributed by atoms with Crippen molar-refractivity contribution < 1.29 is 0 Å². The van der Waals surface area contributed by atoms with Gasteiger partial charge in [-0.3, -0.25) is 8.97 Å². The third-order valence-electron chi connectivity index (χ3n) is 14.1. The molecule has 65 heavy (non-hydrogen) atoms. The average molecular weight is 850 g/mol. The van der Waals surface area contributed by atoms with Gasteiger partial charge in [0.15, 0.2) is 8.07 Å². The second-order valence-electron chi connectivity index (χ2n) is 17.8. The van der Waals surface area contributed by atoms with Crippen LogP contribution in [0.2, 0.25) is 0 Å². The number of anilines is 3. The smallest absolute Gasteiger partial charge is 0.179 e. The summed E-state index contributed by atoms with van der Waals surface area (Å²) >= 11 is 0. The molecule has 0 unspecified atom stereocenters. The maximum Gasteiger partial charge on any atom is 0.179 e. The molecule has 5 heterocycles. The van der Waals surface area contributed by atoms with Gasteiger partial charge in [-0.1, -0.05) is 166 Å². The first-order valence-electron chi connectivity index (χ1n) is 22.4. The Morgan fingerprint density at radius 2 is 1.06 bits per heavy atom. The Bertz CT molecular complexity index is 3780. The van der Waals surface area contributed by atoms with Crippen molar-refractivity contribution >= 4 is 95.1 Å². The van der Waals surface area contributed by atoms with Crippen LogP contribution in [0.25, 0.3) is 54.9 Å². The van der Waals surface area contributed by atoms with Crippen molar-refractivity contribution in [2.24, 2.45) is 0 Å². The van der Waals surface area contributed by atoms with Gasteiger partial charge in [0.1, 0.15) is 11.3 Å². The summed E-state index contributed by atoms with van der Waals surface area (Å²) in [6.07, 6.45) is 5.95. The summed E-state index contributed by atoms with van der Waals surface area (Å²) in [5, 5.41) is 11.1. The van der Waals surface area contributed by atoms with E-state index in [4.69, 9.17) is 9.97 Å². The zero-order valence-electron chi connectivity index (χ0n) is 36.1. The van der Waals surface area contributed by atoms with Crippen LogP contribution in [0.1, 0.15) is 25.0 Å². The van der Waals surface area contributed by atoms with Crippen LogP contribution in [0.5, 0.6) is 0 Å². The summed E-state index contributed by atoms with van der Waals surface area (Å²) < 4.78 is 4.70. The number of benzene rings is 8. The van der Waals surface area contributed by atoms with Crippen LogP contribution < -0.4 is 25.6 Å². The molecule has 0 aliphatic carbocycles. The molecule has 0 spiro atoms. The van der Waals surface area contributed by atoms with Crippen molar-refractivity contribution in [2.45, 2.75) is 19.3 Å². The topological polar surface area (TPSA) is 38.4 Å². The van der Waals surface area contributed by atoms with Gasteiger partial charge in [0.2, 0.25) is 0 Å². The molecule has 12 aromatic rings. The molecule has 0 saturated heterocycles. The molecule has 8 aromatic carbocycles. The maximum absolute atomic E-state index is 5.21. The van der Waals surface area contributed by atoms with E-state index in [0.717, 1.165) is 39.0 Å². The number of rotatable bonds is 6. The molecule has 308 valence electrons. The zero-order valence-corrected chi connectivity index (χ0v) is 37.1. The van der Waals surface area contributed by atoms with E-state index in [-0.39, 0.29) is 5.41 Å². The largest absolute Gasteiger partial charge is 0.310 e. The molecule has 13 rings (SSSR count). The Morgan fingerprint density at radius 3 is 1.86 bits per heavy atom. The Balaban J connectivity index is 1.13. The van der Waals surface area contributed by atoms with Crippen LogP contribution in [-0.2, 0) is 5.41 Å². The fraction of sp³-hybridized carbons (Fsp3) is 0.0508. The van der Waals surface area contributed by atoms with Gasteiger partial charge in [-0.05, 0) is 86.3 Å². The molecule has 0 amide bonds. The third-order valence-corrected chi connectivity index (χ3v) is 18.9. The molecule has 6 heteroatoms. The highest BCUT2D eigenvalue weighted by Crippen LogP contribution is 2.55. The number of pyridine rings is 2. The summed E-state index contributed by atoms with van der Waals surface area (Å²) in [6, 6.07) is 76.4. The van der Waals surface area contributed by atoms with Crippen LogP contribution in [0.15, 0.2) is 225 Å². The molecule has 1 aliphatic heterocycles. The summed E-state index contributed by atoms with van der Waals surface area (Å²) in [4.78, 5) is 12.7. The number of hydrogen-bond acceptors (Lipinski definition) is 3. The van der Waals surface area contributed by atoms with Crippen LogP contribution in [-0.4, -0.2) is 27.0 Å². The van der Waals surface area contributed by atoms with Crippen molar-refractivity contribution in [1.29, 1.82) is 0 Å². The Morgan fingerprint density at radius 1 is 0.431 bits per heavy atom. The number of para-hydroxylation sites is 3. The molecule has 0 fully saturated rings. The Kier molecular flexibility index (Phi) is 8.20. The molecule has 0 bridgehead atoms. The van der Waals surface area contributed by atoms with Crippen LogP contribution >= 0.6 is 0 Å². The minimum absolute atomic E-state index is 0.347. The monoisotopic (exact) mass is 849 g/mol. The van der Waals surface area contributed by atoms with Crippen molar-refractivity contribution in [3.8, 4) is 5.69 Å². The van der Waals surface area contributed by atoms with Gasteiger partial charge >= 0.3 is 0 Å². The maximum atomic E-state index is 5.21.